The lowest BCUT2D eigenvalue weighted by atomic mass is 10.1. The third kappa shape index (κ3) is 1.30. The zero-order chi connectivity index (χ0) is 12.1. The van der Waals surface area contributed by atoms with E-state index in [1.165, 1.54) is 22.1 Å². The zero-order valence-corrected chi connectivity index (χ0v) is 11.2. The van der Waals surface area contributed by atoms with Gasteiger partial charge in [0.05, 0.1) is 16.0 Å². The molecule has 2 heteroatoms. The zero-order valence-electron chi connectivity index (χ0n) is 9.60. The summed E-state index contributed by atoms with van der Waals surface area (Å²) in [5, 5.41) is 1.20. The van der Waals surface area contributed by atoms with Crippen LogP contribution in [0.15, 0.2) is 54.6 Å². The highest BCUT2D eigenvalue weighted by atomic mass is 79.9. The standard InChI is InChI=1S/C16H10BrN/c17-15-11-6-2-3-7-12(11)16-13(15)9-10-5-1-4-8-14(10)18-16/h1-9,15H. The molecular weight excluding hydrogens is 286 g/mol. The molecule has 0 radical (unpaired) electrons. The molecule has 2 aromatic carbocycles. The lowest BCUT2D eigenvalue weighted by Crippen LogP contribution is -1.88. The molecule has 0 N–H and O–H groups in total. The minimum Gasteiger partial charge on any atom is -0.247 e. The Balaban J connectivity index is 2.10. The summed E-state index contributed by atoms with van der Waals surface area (Å²) in [6.07, 6.45) is 0. The molecule has 0 saturated heterocycles. The molecule has 0 spiro atoms. The fourth-order valence-corrected chi connectivity index (χ4v) is 3.39. The van der Waals surface area contributed by atoms with Crippen molar-refractivity contribution < 1.29 is 0 Å². The number of nitrogens with zero attached hydrogens (tertiary/aromatic N) is 1. The van der Waals surface area contributed by atoms with Gasteiger partial charge < -0.3 is 0 Å². The Morgan fingerprint density at radius 1 is 0.889 bits per heavy atom. The fraction of sp³-hybridized carbons (Fsp3) is 0.0625. The predicted molar refractivity (Wildman–Crippen MR) is 77.9 cm³/mol. The summed E-state index contributed by atoms with van der Waals surface area (Å²) < 4.78 is 0. The average molecular weight is 296 g/mol. The van der Waals surface area contributed by atoms with Crippen LogP contribution < -0.4 is 0 Å². The highest BCUT2D eigenvalue weighted by Crippen LogP contribution is 2.47. The van der Waals surface area contributed by atoms with Gasteiger partial charge in [0.25, 0.3) is 0 Å². The molecule has 0 bridgehead atoms. The third-order valence-corrected chi connectivity index (χ3v) is 4.50. The Bertz CT molecular complexity index is 764. The molecule has 1 aliphatic carbocycles. The normalized spacial score (nSPS) is 16.6. The van der Waals surface area contributed by atoms with Crippen LogP contribution in [0.1, 0.15) is 16.0 Å². The van der Waals surface area contributed by atoms with Crippen LogP contribution in [0.4, 0.5) is 0 Å². The first-order valence-electron chi connectivity index (χ1n) is 5.97. The second-order valence-corrected chi connectivity index (χ2v) is 5.48. The Morgan fingerprint density at radius 2 is 1.67 bits per heavy atom. The molecule has 1 unspecified atom stereocenters. The van der Waals surface area contributed by atoms with Gasteiger partial charge >= 0.3 is 0 Å². The SMILES string of the molecule is BrC1c2ccccc2-c2nc3ccccc3cc21. The number of rotatable bonds is 0. The average Bonchev–Trinajstić information content (AvgIpc) is 2.71. The van der Waals surface area contributed by atoms with Gasteiger partial charge in [-0.15, -0.1) is 0 Å². The van der Waals surface area contributed by atoms with Crippen LogP contribution in [-0.2, 0) is 0 Å². The second kappa shape index (κ2) is 3.66. The topological polar surface area (TPSA) is 12.9 Å². The lowest BCUT2D eigenvalue weighted by Gasteiger charge is -2.05. The number of aromatic nitrogens is 1. The Morgan fingerprint density at radius 3 is 2.61 bits per heavy atom. The van der Waals surface area contributed by atoms with Gasteiger partial charge in [-0.3, -0.25) is 0 Å². The van der Waals surface area contributed by atoms with Crippen LogP contribution in [0.2, 0.25) is 0 Å². The molecule has 1 aliphatic rings. The van der Waals surface area contributed by atoms with Crippen molar-refractivity contribution in [1.82, 2.24) is 4.98 Å². The summed E-state index contributed by atoms with van der Waals surface area (Å²) in [6, 6.07) is 19.0. The van der Waals surface area contributed by atoms with Crippen molar-refractivity contribution in [2.75, 3.05) is 0 Å². The van der Waals surface area contributed by atoms with E-state index in [1.807, 2.05) is 6.07 Å². The van der Waals surface area contributed by atoms with E-state index in [0.717, 1.165) is 11.2 Å². The fourth-order valence-electron chi connectivity index (χ4n) is 2.64. The minimum absolute atomic E-state index is 0.265. The first kappa shape index (κ1) is 10.3. The maximum Gasteiger partial charge on any atom is 0.0759 e. The van der Waals surface area contributed by atoms with E-state index in [1.54, 1.807) is 0 Å². The van der Waals surface area contributed by atoms with Crippen molar-refractivity contribution in [2.24, 2.45) is 0 Å². The van der Waals surface area contributed by atoms with Crippen molar-refractivity contribution in [1.29, 1.82) is 0 Å². The summed E-state index contributed by atoms with van der Waals surface area (Å²) in [6.45, 7) is 0. The van der Waals surface area contributed by atoms with Gasteiger partial charge in [0.1, 0.15) is 0 Å². The van der Waals surface area contributed by atoms with Gasteiger partial charge in [-0.1, -0.05) is 58.4 Å². The third-order valence-electron chi connectivity index (χ3n) is 3.52. The van der Waals surface area contributed by atoms with E-state index in [-0.39, 0.29) is 4.83 Å². The Kier molecular flexibility index (Phi) is 2.09. The van der Waals surface area contributed by atoms with Crippen LogP contribution in [0.3, 0.4) is 0 Å². The molecule has 4 rings (SSSR count). The number of pyridine rings is 1. The number of benzene rings is 2. The molecule has 1 aromatic heterocycles. The number of alkyl halides is 1. The van der Waals surface area contributed by atoms with Crippen molar-refractivity contribution in [2.45, 2.75) is 4.83 Å². The number of para-hydroxylation sites is 1. The number of fused-ring (bicyclic) bond motifs is 4. The van der Waals surface area contributed by atoms with E-state index < -0.39 is 0 Å². The molecule has 3 aromatic rings. The van der Waals surface area contributed by atoms with Crippen molar-refractivity contribution in [3.63, 3.8) is 0 Å². The van der Waals surface area contributed by atoms with E-state index in [9.17, 15) is 0 Å². The van der Waals surface area contributed by atoms with Gasteiger partial charge in [0.15, 0.2) is 0 Å². The molecular formula is C16H10BrN. The molecule has 0 amide bonds. The van der Waals surface area contributed by atoms with E-state index in [0.29, 0.717) is 0 Å². The van der Waals surface area contributed by atoms with Gasteiger partial charge in [-0.25, -0.2) is 4.98 Å². The quantitative estimate of drug-likeness (QED) is 0.548. The highest BCUT2D eigenvalue weighted by molar-refractivity contribution is 9.09. The van der Waals surface area contributed by atoms with Crippen LogP contribution in [0.5, 0.6) is 0 Å². The largest absolute Gasteiger partial charge is 0.247 e. The monoisotopic (exact) mass is 295 g/mol. The molecule has 1 atom stereocenters. The van der Waals surface area contributed by atoms with Crippen molar-refractivity contribution >= 4 is 26.8 Å². The molecule has 0 saturated carbocycles. The van der Waals surface area contributed by atoms with E-state index in [2.05, 4.69) is 64.5 Å². The van der Waals surface area contributed by atoms with Crippen LogP contribution in [0, 0.1) is 0 Å². The summed E-state index contributed by atoms with van der Waals surface area (Å²) in [4.78, 5) is 5.08. The molecule has 18 heavy (non-hydrogen) atoms. The van der Waals surface area contributed by atoms with Crippen molar-refractivity contribution in [3.8, 4) is 11.3 Å². The lowest BCUT2D eigenvalue weighted by molar-refractivity contribution is 1.24. The first-order valence-corrected chi connectivity index (χ1v) is 6.89. The molecule has 86 valence electrons. The summed E-state index contributed by atoms with van der Waals surface area (Å²) in [7, 11) is 0. The summed E-state index contributed by atoms with van der Waals surface area (Å²) >= 11 is 3.78. The Labute approximate surface area is 114 Å². The van der Waals surface area contributed by atoms with Crippen LogP contribution >= 0.6 is 15.9 Å². The molecule has 0 fully saturated rings. The summed E-state index contributed by atoms with van der Waals surface area (Å²) in [5.74, 6) is 0. The van der Waals surface area contributed by atoms with Crippen LogP contribution in [-0.4, -0.2) is 4.98 Å². The first-order chi connectivity index (χ1) is 8.84. The smallest absolute Gasteiger partial charge is 0.0759 e. The molecule has 1 nitrogen and oxygen atoms in total. The number of halogens is 1. The maximum absolute atomic E-state index is 4.82. The van der Waals surface area contributed by atoms with Crippen LogP contribution in [0.25, 0.3) is 22.2 Å². The van der Waals surface area contributed by atoms with Gasteiger partial charge in [0, 0.05) is 10.9 Å². The van der Waals surface area contributed by atoms with Gasteiger partial charge in [-0.05, 0) is 23.3 Å². The molecule has 0 aliphatic heterocycles. The molecule has 1 heterocycles. The number of hydrogen-bond donors (Lipinski definition) is 0. The highest BCUT2D eigenvalue weighted by Gasteiger charge is 2.27. The van der Waals surface area contributed by atoms with E-state index in [4.69, 9.17) is 4.98 Å². The van der Waals surface area contributed by atoms with Gasteiger partial charge in [-0.2, -0.15) is 0 Å². The van der Waals surface area contributed by atoms with Crippen molar-refractivity contribution in [3.05, 3.63) is 65.7 Å². The predicted octanol–water partition coefficient (Wildman–Crippen LogP) is 4.70. The summed E-state index contributed by atoms with van der Waals surface area (Å²) in [5.41, 5.74) is 6.02. The Hall–Kier alpha value is -1.67. The minimum atomic E-state index is 0.265. The second-order valence-electron chi connectivity index (χ2n) is 4.57. The van der Waals surface area contributed by atoms with E-state index >= 15 is 0 Å². The van der Waals surface area contributed by atoms with Gasteiger partial charge in [0.2, 0.25) is 0 Å². The maximum atomic E-state index is 4.82. The number of hydrogen-bond acceptors (Lipinski definition) is 1.